The van der Waals surface area contributed by atoms with E-state index in [1.54, 1.807) is 24.5 Å². The normalized spacial score (nSPS) is 10.8. The van der Waals surface area contributed by atoms with Crippen LogP contribution in [0, 0.1) is 0 Å². The van der Waals surface area contributed by atoms with Crippen LogP contribution < -0.4 is 11.1 Å². The Bertz CT molecular complexity index is 1090. The van der Waals surface area contributed by atoms with Gasteiger partial charge in [-0.1, -0.05) is 23.5 Å². The summed E-state index contributed by atoms with van der Waals surface area (Å²) in [5.74, 6) is -0.133. The molecule has 4 rings (SSSR count). The number of hydrogen-bond acceptors (Lipinski definition) is 7. The molecule has 3 heterocycles. The number of anilines is 1. The van der Waals surface area contributed by atoms with Crippen LogP contribution in [-0.2, 0) is 6.42 Å². The maximum Gasteiger partial charge on any atom is 0.251 e. The highest BCUT2D eigenvalue weighted by Gasteiger charge is 2.09. The third kappa shape index (κ3) is 3.75. The van der Waals surface area contributed by atoms with E-state index in [4.69, 9.17) is 5.73 Å². The molecule has 0 aliphatic rings. The number of amides is 1. The van der Waals surface area contributed by atoms with Gasteiger partial charge in [0.1, 0.15) is 5.01 Å². The van der Waals surface area contributed by atoms with Crippen LogP contribution in [0.1, 0.15) is 15.4 Å². The Labute approximate surface area is 159 Å². The van der Waals surface area contributed by atoms with Gasteiger partial charge in [-0.3, -0.25) is 14.8 Å². The predicted molar refractivity (Wildman–Crippen MR) is 105 cm³/mol. The molecule has 4 aromatic rings. The fraction of sp³-hybridized carbons (Fsp3) is 0.105. The van der Waals surface area contributed by atoms with E-state index >= 15 is 0 Å². The quantitative estimate of drug-likeness (QED) is 0.555. The van der Waals surface area contributed by atoms with Gasteiger partial charge in [-0.25, -0.2) is 0 Å². The minimum Gasteiger partial charge on any atom is -0.374 e. The Morgan fingerprint density at radius 2 is 1.89 bits per heavy atom. The zero-order valence-corrected chi connectivity index (χ0v) is 15.1. The van der Waals surface area contributed by atoms with Crippen LogP contribution >= 0.6 is 11.3 Å². The fourth-order valence-electron chi connectivity index (χ4n) is 2.76. The summed E-state index contributed by atoms with van der Waals surface area (Å²) >= 11 is 1.33. The predicted octanol–water partition coefficient (Wildman–Crippen LogP) is 2.70. The second kappa shape index (κ2) is 7.46. The van der Waals surface area contributed by atoms with E-state index in [2.05, 4.69) is 25.5 Å². The second-order valence-electron chi connectivity index (χ2n) is 5.85. The molecule has 1 aromatic carbocycles. The van der Waals surface area contributed by atoms with E-state index in [1.165, 1.54) is 11.3 Å². The van der Waals surface area contributed by atoms with Crippen molar-refractivity contribution >= 4 is 33.3 Å². The molecule has 0 saturated carbocycles. The topological polar surface area (TPSA) is 107 Å². The van der Waals surface area contributed by atoms with Gasteiger partial charge in [0.05, 0.1) is 11.2 Å². The van der Waals surface area contributed by atoms with Crippen LogP contribution in [0.5, 0.6) is 0 Å². The summed E-state index contributed by atoms with van der Waals surface area (Å²) in [6, 6.07) is 13.2. The van der Waals surface area contributed by atoms with Crippen LogP contribution in [0.25, 0.3) is 22.2 Å². The molecule has 0 radical (unpaired) electrons. The molecule has 0 fully saturated rings. The Hall–Kier alpha value is -3.39. The van der Waals surface area contributed by atoms with Crippen LogP contribution in [0.4, 0.5) is 5.13 Å². The van der Waals surface area contributed by atoms with Crippen molar-refractivity contribution in [3.8, 4) is 11.3 Å². The molecule has 1 amide bonds. The lowest BCUT2D eigenvalue weighted by atomic mass is 10.0. The van der Waals surface area contributed by atoms with Crippen molar-refractivity contribution in [2.24, 2.45) is 0 Å². The summed E-state index contributed by atoms with van der Waals surface area (Å²) in [4.78, 5) is 21.1. The minimum atomic E-state index is -0.133. The number of benzene rings is 1. The molecule has 27 heavy (non-hydrogen) atoms. The molecule has 134 valence electrons. The average molecular weight is 376 g/mol. The highest BCUT2D eigenvalue weighted by molar-refractivity contribution is 7.15. The largest absolute Gasteiger partial charge is 0.374 e. The highest BCUT2D eigenvalue weighted by Crippen LogP contribution is 2.25. The first-order valence-electron chi connectivity index (χ1n) is 8.37. The van der Waals surface area contributed by atoms with E-state index in [0.717, 1.165) is 27.2 Å². The van der Waals surface area contributed by atoms with Gasteiger partial charge in [0, 0.05) is 41.9 Å². The number of hydrogen-bond donors (Lipinski definition) is 2. The third-order valence-corrected chi connectivity index (χ3v) is 4.87. The van der Waals surface area contributed by atoms with Gasteiger partial charge in [-0.15, -0.1) is 10.2 Å². The van der Waals surface area contributed by atoms with Crippen molar-refractivity contribution < 1.29 is 4.79 Å². The van der Waals surface area contributed by atoms with Gasteiger partial charge in [-0.2, -0.15) is 0 Å². The van der Waals surface area contributed by atoms with E-state index in [9.17, 15) is 4.79 Å². The molecule has 0 saturated heterocycles. The zero-order chi connectivity index (χ0) is 18.6. The van der Waals surface area contributed by atoms with Crippen LogP contribution in [0.3, 0.4) is 0 Å². The van der Waals surface area contributed by atoms with E-state index < -0.39 is 0 Å². The summed E-state index contributed by atoms with van der Waals surface area (Å²) in [6.07, 6.45) is 4.10. The molecule has 0 bridgehead atoms. The first-order valence-corrected chi connectivity index (χ1v) is 9.18. The van der Waals surface area contributed by atoms with Gasteiger partial charge < -0.3 is 11.1 Å². The van der Waals surface area contributed by atoms with E-state index in [0.29, 0.717) is 23.7 Å². The summed E-state index contributed by atoms with van der Waals surface area (Å²) in [6.45, 7) is 0.478. The molecular weight excluding hydrogens is 360 g/mol. The minimum absolute atomic E-state index is 0.133. The molecule has 0 aliphatic heterocycles. The number of nitrogens with two attached hydrogens (primary N) is 1. The number of aromatic nitrogens is 4. The Balaban J connectivity index is 1.46. The summed E-state index contributed by atoms with van der Waals surface area (Å²) in [5, 5.41) is 12.8. The first kappa shape index (κ1) is 17.0. The van der Waals surface area contributed by atoms with Crippen molar-refractivity contribution in [3.63, 3.8) is 0 Å². The van der Waals surface area contributed by atoms with Crippen LogP contribution in [0.2, 0.25) is 0 Å². The molecule has 0 aliphatic carbocycles. The van der Waals surface area contributed by atoms with Gasteiger partial charge >= 0.3 is 0 Å². The lowest BCUT2D eigenvalue weighted by Crippen LogP contribution is -2.25. The molecule has 3 N–H and O–H groups in total. The number of rotatable bonds is 5. The SMILES string of the molecule is Nc1nnc(CCNC(=O)c2ccc(-c3nccc4ncccc34)cc2)s1. The molecule has 7 nitrogen and oxygen atoms in total. The Morgan fingerprint density at radius 3 is 2.67 bits per heavy atom. The number of carbonyl (C=O) groups excluding carboxylic acids is 1. The van der Waals surface area contributed by atoms with E-state index in [-0.39, 0.29) is 5.91 Å². The van der Waals surface area contributed by atoms with Gasteiger partial charge in [0.15, 0.2) is 0 Å². The van der Waals surface area contributed by atoms with Crippen molar-refractivity contribution in [2.75, 3.05) is 12.3 Å². The lowest BCUT2D eigenvalue weighted by molar-refractivity contribution is 0.0954. The number of nitrogen functional groups attached to an aromatic ring is 1. The molecule has 0 spiro atoms. The van der Waals surface area contributed by atoms with Crippen molar-refractivity contribution in [3.05, 3.63) is 65.4 Å². The second-order valence-corrected chi connectivity index (χ2v) is 6.94. The monoisotopic (exact) mass is 376 g/mol. The number of pyridine rings is 2. The van der Waals surface area contributed by atoms with E-state index in [1.807, 2.05) is 30.3 Å². The standard InChI is InChI=1S/C19H16N6OS/c20-19-25-24-16(27-19)8-11-23-18(26)13-5-3-12(4-6-13)17-14-2-1-9-21-15(14)7-10-22-17/h1-7,9-10H,8,11H2,(H2,20,25)(H,23,26). The maximum atomic E-state index is 12.3. The third-order valence-electron chi connectivity index (χ3n) is 4.06. The summed E-state index contributed by atoms with van der Waals surface area (Å²) in [5.41, 5.74) is 8.82. The maximum absolute atomic E-state index is 12.3. The van der Waals surface area contributed by atoms with Gasteiger partial charge in [0.2, 0.25) is 5.13 Å². The fourth-order valence-corrected chi connectivity index (χ4v) is 3.37. The van der Waals surface area contributed by atoms with Crippen LogP contribution in [0.15, 0.2) is 54.9 Å². The summed E-state index contributed by atoms with van der Waals surface area (Å²) in [7, 11) is 0. The lowest BCUT2D eigenvalue weighted by Gasteiger charge is -2.07. The Kier molecular flexibility index (Phi) is 4.71. The van der Waals surface area contributed by atoms with Crippen molar-refractivity contribution in [1.82, 2.24) is 25.5 Å². The molecule has 0 atom stereocenters. The van der Waals surface area contributed by atoms with Crippen molar-refractivity contribution in [2.45, 2.75) is 6.42 Å². The average Bonchev–Trinajstić information content (AvgIpc) is 3.12. The van der Waals surface area contributed by atoms with Crippen LogP contribution in [-0.4, -0.2) is 32.6 Å². The zero-order valence-electron chi connectivity index (χ0n) is 14.3. The highest BCUT2D eigenvalue weighted by atomic mass is 32.1. The molecule has 0 unspecified atom stereocenters. The first-order chi connectivity index (χ1) is 13.2. The number of carbonyl (C=O) groups is 1. The number of nitrogens with one attached hydrogen (secondary N) is 1. The van der Waals surface area contributed by atoms with Gasteiger partial charge in [0.25, 0.3) is 5.91 Å². The van der Waals surface area contributed by atoms with Gasteiger partial charge in [-0.05, 0) is 30.3 Å². The molecule has 8 heteroatoms. The Morgan fingerprint density at radius 1 is 1.04 bits per heavy atom. The molecular formula is C19H16N6OS. The molecule has 3 aromatic heterocycles. The number of fused-ring (bicyclic) bond motifs is 1. The van der Waals surface area contributed by atoms with Crippen molar-refractivity contribution in [1.29, 1.82) is 0 Å². The summed E-state index contributed by atoms with van der Waals surface area (Å²) < 4.78 is 0. The smallest absolute Gasteiger partial charge is 0.251 e. The number of nitrogens with zero attached hydrogens (tertiary/aromatic N) is 4.